The van der Waals surface area contributed by atoms with Crippen LogP contribution in [0.3, 0.4) is 0 Å². The van der Waals surface area contributed by atoms with E-state index in [9.17, 15) is 9.59 Å². The number of aromatic nitrogens is 2. The molecule has 140 valence electrons. The number of aromatic amines is 1. The summed E-state index contributed by atoms with van der Waals surface area (Å²) in [5.41, 5.74) is 0.165. The first-order chi connectivity index (χ1) is 12.5. The van der Waals surface area contributed by atoms with Crippen LogP contribution in [0.5, 0.6) is 0 Å². The lowest BCUT2D eigenvalue weighted by atomic mass is 10.1. The van der Waals surface area contributed by atoms with Gasteiger partial charge in [-0.3, -0.25) is 9.59 Å². The Labute approximate surface area is 151 Å². The van der Waals surface area contributed by atoms with Gasteiger partial charge in [-0.15, -0.1) is 0 Å². The minimum absolute atomic E-state index is 0.00670. The van der Waals surface area contributed by atoms with E-state index in [1.54, 1.807) is 24.3 Å². The lowest BCUT2D eigenvalue weighted by molar-refractivity contribution is -0.0691. The summed E-state index contributed by atoms with van der Waals surface area (Å²) in [5, 5.41) is 3.38. The number of hydrogen-bond donors (Lipinski definition) is 2. The van der Waals surface area contributed by atoms with Crippen molar-refractivity contribution in [3.8, 4) is 0 Å². The van der Waals surface area contributed by atoms with Gasteiger partial charge in [-0.05, 0) is 32.6 Å². The molecule has 0 aliphatic carbocycles. The molecule has 0 radical (unpaired) electrons. The molecular weight excluding hydrogens is 336 g/mol. The van der Waals surface area contributed by atoms with Crippen LogP contribution in [0.4, 0.5) is 0 Å². The molecule has 1 aliphatic rings. The first-order valence-electron chi connectivity index (χ1n) is 8.68. The fraction of sp³-hybridized carbons (Fsp3) is 0.500. The fourth-order valence-corrected chi connectivity index (χ4v) is 2.86. The lowest BCUT2D eigenvalue weighted by Gasteiger charge is -2.32. The van der Waals surface area contributed by atoms with Crippen LogP contribution in [0, 0.1) is 0 Å². The molecule has 0 bridgehead atoms. The third kappa shape index (κ3) is 4.46. The van der Waals surface area contributed by atoms with Gasteiger partial charge in [0.2, 0.25) is 0 Å². The summed E-state index contributed by atoms with van der Waals surface area (Å²) in [5.74, 6) is -0.409. The molecule has 8 heteroatoms. The standard InChI is InChI=1S/C18H24N4O4/c1-22(2)8-10-26-15-11-25-9-7-14(15)20-18(24)16-19-13-6-4-3-5-12(13)17(23)21-16/h3-6,14-15H,7-11H2,1-2H3,(H,20,24)(H,19,21,23)/t14-,15-/m1/s1. The van der Waals surface area contributed by atoms with Crippen LogP contribution < -0.4 is 10.9 Å². The van der Waals surface area contributed by atoms with Gasteiger partial charge in [-0.2, -0.15) is 0 Å². The van der Waals surface area contributed by atoms with Gasteiger partial charge in [-0.1, -0.05) is 12.1 Å². The Morgan fingerprint density at radius 3 is 3.04 bits per heavy atom. The van der Waals surface area contributed by atoms with Crippen molar-refractivity contribution in [1.82, 2.24) is 20.2 Å². The predicted octanol–water partition coefficient (Wildman–Crippen LogP) is 0.389. The topological polar surface area (TPSA) is 96.6 Å². The van der Waals surface area contributed by atoms with E-state index in [2.05, 4.69) is 15.3 Å². The highest BCUT2D eigenvalue weighted by Crippen LogP contribution is 2.13. The summed E-state index contributed by atoms with van der Waals surface area (Å²) in [6, 6.07) is 6.74. The Bertz CT molecular complexity index is 820. The highest BCUT2D eigenvalue weighted by Gasteiger charge is 2.29. The van der Waals surface area contributed by atoms with E-state index in [-0.39, 0.29) is 23.5 Å². The number of amides is 1. The van der Waals surface area contributed by atoms with E-state index in [0.29, 0.717) is 37.1 Å². The number of carbonyl (C=O) groups is 1. The summed E-state index contributed by atoms with van der Waals surface area (Å²) < 4.78 is 11.3. The Kier molecular flexibility index (Phi) is 5.97. The number of rotatable bonds is 6. The number of fused-ring (bicyclic) bond motifs is 1. The first-order valence-corrected chi connectivity index (χ1v) is 8.68. The van der Waals surface area contributed by atoms with Gasteiger partial charge in [0.05, 0.1) is 30.2 Å². The number of hydrogen-bond acceptors (Lipinski definition) is 6. The lowest BCUT2D eigenvalue weighted by Crippen LogP contribution is -2.50. The zero-order valence-electron chi connectivity index (χ0n) is 15.0. The second kappa shape index (κ2) is 8.39. The Balaban J connectivity index is 1.70. The summed E-state index contributed by atoms with van der Waals surface area (Å²) in [6.45, 7) is 2.33. The second-order valence-electron chi connectivity index (χ2n) is 6.59. The van der Waals surface area contributed by atoms with Crippen molar-refractivity contribution < 1.29 is 14.3 Å². The molecule has 2 heterocycles. The van der Waals surface area contributed by atoms with E-state index >= 15 is 0 Å². The molecule has 0 saturated carbocycles. The van der Waals surface area contributed by atoms with E-state index < -0.39 is 5.91 Å². The fourth-order valence-electron chi connectivity index (χ4n) is 2.86. The Morgan fingerprint density at radius 2 is 2.23 bits per heavy atom. The van der Waals surface area contributed by atoms with E-state index in [0.717, 1.165) is 6.54 Å². The van der Waals surface area contributed by atoms with Crippen LogP contribution in [0.1, 0.15) is 17.0 Å². The Morgan fingerprint density at radius 1 is 1.42 bits per heavy atom. The van der Waals surface area contributed by atoms with E-state index in [1.807, 2.05) is 19.0 Å². The van der Waals surface area contributed by atoms with Crippen LogP contribution in [0.15, 0.2) is 29.1 Å². The molecule has 1 aromatic carbocycles. The number of para-hydroxylation sites is 1. The maximum absolute atomic E-state index is 12.6. The molecule has 2 atom stereocenters. The molecule has 1 saturated heterocycles. The average Bonchev–Trinajstić information content (AvgIpc) is 2.63. The number of H-pyrrole nitrogens is 1. The summed E-state index contributed by atoms with van der Waals surface area (Å²) >= 11 is 0. The highest BCUT2D eigenvalue weighted by molar-refractivity contribution is 5.92. The van der Waals surface area contributed by atoms with Crippen molar-refractivity contribution in [3.63, 3.8) is 0 Å². The minimum Gasteiger partial charge on any atom is -0.379 e. The maximum Gasteiger partial charge on any atom is 0.287 e. The largest absolute Gasteiger partial charge is 0.379 e. The zero-order valence-corrected chi connectivity index (χ0v) is 15.0. The molecule has 8 nitrogen and oxygen atoms in total. The summed E-state index contributed by atoms with van der Waals surface area (Å²) in [7, 11) is 3.95. The predicted molar refractivity (Wildman–Crippen MR) is 97.3 cm³/mol. The number of benzene rings is 1. The summed E-state index contributed by atoms with van der Waals surface area (Å²) in [6.07, 6.45) is 0.427. The SMILES string of the molecule is CN(C)CCO[C@@H]1COCC[C@H]1NC(=O)c1nc2ccccc2c(=O)[nH]1. The molecule has 0 spiro atoms. The van der Waals surface area contributed by atoms with Gasteiger partial charge in [0.25, 0.3) is 11.5 Å². The van der Waals surface area contributed by atoms with Crippen LogP contribution in [0.25, 0.3) is 10.9 Å². The Hall–Kier alpha value is -2.29. The van der Waals surface area contributed by atoms with Crippen molar-refractivity contribution in [2.45, 2.75) is 18.6 Å². The van der Waals surface area contributed by atoms with E-state index in [4.69, 9.17) is 9.47 Å². The molecule has 26 heavy (non-hydrogen) atoms. The molecule has 1 aliphatic heterocycles. The first kappa shape index (κ1) is 18.5. The number of nitrogens with zero attached hydrogens (tertiary/aromatic N) is 2. The van der Waals surface area contributed by atoms with Crippen molar-refractivity contribution >= 4 is 16.8 Å². The molecule has 3 rings (SSSR count). The molecule has 2 N–H and O–H groups in total. The normalized spacial score (nSPS) is 20.4. The van der Waals surface area contributed by atoms with Crippen molar-refractivity contribution in [2.24, 2.45) is 0 Å². The number of carbonyl (C=O) groups excluding carboxylic acids is 1. The van der Waals surface area contributed by atoms with Crippen molar-refractivity contribution in [2.75, 3.05) is 40.5 Å². The molecule has 2 aromatic rings. The van der Waals surface area contributed by atoms with Gasteiger partial charge in [-0.25, -0.2) is 4.98 Å². The maximum atomic E-state index is 12.6. The highest BCUT2D eigenvalue weighted by atomic mass is 16.5. The van der Waals surface area contributed by atoms with Crippen LogP contribution in [0.2, 0.25) is 0 Å². The third-order valence-corrected chi connectivity index (χ3v) is 4.32. The van der Waals surface area contributed by atoms with Gasteiger partial charge in [0.15, 0.2) is 5.82 Å². The molecule has 1 fully saturated rings. The van der Waals surface area contributed by atoms with Crippen molar-refractivity contribution in [1.29, 1.82) is 0 Å². The van der Waals surface area contributed by atoms with Crippen LogP contribution in [-0.2, 0) is 9.47 Å². The molecule has 0 unspecified atom stereocenters. The molecule has 1 amide bonds. The number of likely N-dealkylation sites (N-methyl/N-ethyl adjacent to an activating group) is 1. The van der Waals surface area contributed by atoms with Crippen LogP contribution >= 0.6 is 0 Å². The zero-order chi connectivity index (χ0) is 18.5. The molecule has 1 aromatic heterocycles. The average molecular weight is 360 g/mol. The van der Waals surface area contributed by atoms with Crippen LogP contribution in [-0.4, -0.2) is 73.4 Å². The second-order valence-corrected chi connectivity index (χ2v) is 6.59. The smallest absolute Gasteiger partial charge is 0.287 e. The number of ether oxygens (including phenoxy) is 2. The van der Waals surface area contributed by atoms with Gasteiger partial charge >= 0.3 is 0 Å². The quantitative estimate of drug-likeness (QED) is 0.774. The monoisotopic (exact) mass is 360 g/mol. The summed E-state index contributed by atoms with van der Waals surface area (Å²) in [4.78, 5) is 33.6. The van der Waals surface area contributed by atoms with Crippen molar-refractivity contribution in [3.05, 3.63) is 40.4 Å². The van der Waals surface area contributed by atoms with Gasteiger partial charge in [0.1, 0.15) is 6.10 Å². The van der Waals surface area contributed by atoms with E-state index in [1.165, 1.54) is 0 Å². The van der Waals surface area contributed by atoms with Gasteiger partial charge < -0.3 is 24.7 Å². The number of nitrogens with one attached hydrogen (secondary N) is 2. The minimum atomic E-state index is -0.416. The van der Waals surface area contributed by atoms with Gasteiger partial charge in [0, 0.05) is 13.2 Å². The third-order valence-electron chi connectivity index (χ3n) is 4.32. The molecular formula is C18H24N4O4.